The molecule has 4 radical (unpaired) electrons. The molecule has 5 aromatic heterocycles. The molecule has 20 heteroatoms. The predicted molar refractivity (Wildman–Crippen MR) is 540 cm³/mol. The molecule has 4 N–H and O–H groups in total. The Bertz CT molecular complexity index is 6600. The van der Waals surface area contributed by atoms with Gasteiger partial charge in [0, 0.05) is 140 Å². The van der Waals surface area contributed by atoms with Gasteiger partial charge in [-0.05, 0) is 167 Å². The fraction of sp³-hybridized carbons (Fsp3) is 0.165. The third-order valence-electron chi connectivity index (χ3n) is 19.1. The minimum absolute atomic E-state index is 0. The number of aliphatic imine (C=N–C) groups is 1. The number of aliphatic hydroxyl groups is 4. The van der Waals surface area contributed by atoms with E-state index in [1.807, 2.05) is 146 Å². The first-order valence-corrected chi connectivity index (χ1v) is 46.0. The van der Waals surface area contributed by atoms with Gasteiger partial charge in [0.05, 0.1) is 42.1 Å². The summed E-state index contributed by atoms with van der Waals surface area (Å²) in [7, 11) is -1.28. The standard InChI is InChI=1S/C24H16N2.C20H22NSi.C19H18N.C17H14N.C15H10N.4C5H8O2.4Ir.Pt/c1-2-10-20(11-3-1)22-13-4-5-15-24(22)26-18-19-9-8-12-21(17-19)23-14-6-7-16-25-23;1-14-10-15(2)12-17(11-14)20-8-6-16-13-18(22(3,4)5)7-9-19(16)21-20;1-12-5-6-17-15(4)11-18(20-19(17)10-12)16-8-13(2)7-14(3)9-16;1-12-6-5-8-14(10-12)17-13(2)16-9-4-3-7-15(16)11-18-17;1-2-6-12(7-3-1)15-10-13-8-4-5-9-14(13)11-16-15;4*1-4(6)3-5(2)7;;;;;/h1-10,12-16,18H;6-11,13H,1-5H3;5-8,10-11H,1-4H3;3-7,9-11H,1-2H3;1-6,8-11H;4*3,6H,1-2H3;;;;;/q-2;4*-1;;;;;;;;;+2. The summed E-state index contributed by atoms with van der Waals surface area (Å²) in [6.07, 6.45) is 12.1. The van der Waals surface area contributed by atoms with Gasteiger partial charge in [-0.3, -0.25) is 34.1 Å². The van der Waals surface area contributed by atoms with Crippen molar-refractivity contribution in [2.45, 2.75) is 130 Å². The van der Waals surface area contributed by atoms with Gasteiger partial charge in [0.15, 0.2) is 23.1 Å². The van der Waals surface area contributed by atoms with Crippen LogP contribution in [0.1, 0.15) is 105 Å². The maximum atomic E-state index is 10.0. The molecule has 11 aromatic carbocycles. The number of aromatic nitrogens is 5. The molecule has 135 heavy (non-hydrogen) atoms. The van der Waals surface area contributed by atoms with Crippen molar-refractivity contribution in [2.75, 3.05) is 0 Å². The number of hydrogen-bond acceptors (Lipinski definition) is 14. The molecular weight excluding hydrogens is 2590 g/mol. The molecule has 0 bridgehead atoms. The normalized spacial score (nSPS) is 10.7. The Kier molecular flexibility index (Phi) is 51.5. The van der Waals surface area contributed by atoms with Gasteiger partial charge in [0.25, 0.3) is 0 Å². The maximum absolute atomic E-state index is 10.0. The van der Waals surface area contributed by atoms with E-state index in [2.05, 4.69) is 260 Å². The van der Waals surface area contributed by atoms with Crippen molar-refractivity contribution in [3.8, 4) is 67.4 Å². The first-order valence-electron chi connectivity index (χ1n) is 42.5. The Balaban J connectivity index is 0.000000404. The molecule has 0 fully saturated rings. The van der Waals surface area contributed by atoms with Gasteiger partial charge in [-0.1, -0.05) is 204 Å². The molecule has 0 atom stereocenters. The number of aryl methyl sites for hydroxylation is 8. The quantitative estimate of drug-likeness (QED) is 0.0277. The zero-order chi connectivity index (χ0) is 94.6. The van der Waals surface area contributed by atoms with Crippen LogP contribution in [0.4, 0.5) is 5.69 Å². The summed E-state index contributed by atoms with van der Waals surface area (Å²) in [5.74, 6) is -0.250. The molecule has 0 saturated heterocycles. The van der Waals surface area contributed by atoms with E-state index in [-0.39, 0.29) is 148 Å². The second kappa shape index (κ2) is 59.2. The molecule has 16 aromatic rings. The molecule has 16 rings (SSSR count). The van der Waals surface area contributed by atoms with Crippen molar-refractivity contribution in [3.05, 3.63) is 413 Å². The minimum atomic E-state index is -1.28. The van der Waals surface area contributed by atoms with E-state index in [9.17, 15) is 19.2 Å². The van der Waals surface area contributed by atoms with Gasteiger partial charge in [0.1, 0.15) is 0 Å². The van der Waals surface area contributed by atoms with Gasteiger partial charge < -0.3 is 35.4 Å². The molecule has 0 aliphatic carbocycles. The average molecular weight is 2700 g/mol. The number of nitrogens with zero attached hydrogens (tertiary/aromatic N) is 6. The Hall–Kier alpha value is -11.8. The molecule has 0 aliphatic rings. The summed E-state index contributed by atoms with van der Waals surface area (Å²) in [5, 5.41) is 42.2. The van der Waals surface area contributed by atoms with Gasteiger partial charge in [-0.15, -0.1) is 207 Å². The van der Waals surface area contributed by atoms with Gasteiger partial charge in [-0.2, -0.15) is 0 Å². The number of allylic oxidation sites excluding steroid dienone is 8. The van der Waals surface area contributed by atoms with Gasteiger partial charge in [0.2, 0.25) is 0 Å². The molecule has 0 spiro atoms. The van der Waals surface area contributed by atoms with E-state index in [1.165, 1.54) is 151 Å². The number of carbonyl (C=O) groups is 4. The maximum Gasteiger partial charge on any atom is 2.00 e. The Morgan fingerprint density at radius 3 is 1.40 bits per heavy atom. The van der Waals surface area contributed by atoms with Crippen LogP contribution in [-0.4, -0.2) is 82.8 Å². The Morgan fingerprint density at radius 1 is 0.356 bits per heavy atom. The predicted octanol–water partition coefficient (Wildman–Crippen LogP) is 27.7. The first-order chi connectivity index (χ1) is 61.9. The summed E-state index contributed by atoms with van der Waals surface area (Å²) in [4.78, 5) is 67.8. The van der Waals surface area contributed by atoms with Crippen molar-refractivity contribution in [1.82, 2.24) is 24.9 Å². The van der Waals surface area contributed by atoms with Crippen LogP contribution in [0.15, 0.2) is 332 Å². The molecule has 0 aliphatic heterocycles. The Morgan fingerprint density at radius 2 is 0.859 bits per heavy atom. The zero-order valence-corrected chi connectivity index (χ0v) is 92.1. The molecule has 0 amide bonds. The number of aliphatic hydroxyl groups excluding tert-OH is 4. The van der Waals surface area contributed by atoms with Gasteiger partial charge >= 0.3 is 21.1 Å². The summed E-state index contributed by atoms with van der Waals surface area (Å²) < 4.78 is 0. The van der Waals surface area contributed by atoms with E-state index in [0.29, 0.717) is 0 Å². The van der Waals surface area contributed by atoms with Crippen LogP contribution in [0.5, 0.6) is 0 Å². The third-order valence-corrected chi connectivity index (χ3v) is 21.2. The van der Waals surface area contributed by atoms with Crippen LogP contribution >= 0.6 is 0 Å². The molecule has 0 saturated carbocycles. The van der Waals surface area contributed by atoms with Crippen molar-refractivity contribution >= 4 is 91.6 Å². The number of benzene rings is 11. The number of pyridine rings is 5. The van der Waals surface area contributed by atoms with Crippen LogP contribution < -0.4 is 5.19 Å². The topological polar surface area (TPSA) is 226 Å². The number of rotatable bonds is 13. The van der Waals surface area contributed by atoms with Gasteiger partial charge in [-0.25, -0.2) is 0 Å². The number of fused-ring (bicyclic) bond motifs is 4. The van der Waals surface area contributed by atoms with Crippen LogP contribution in [-0.2, 0) is 121 Å². The van der Waals surface area contributed by atoms with E-state index < -0.39 is 8.07 Å². The van der Waals surface area contributed by atoms with Crippen molar-refractivity contribution in [3.63, 3.8) is 0 Å². The smallest absolute Gasteiger partial charge is 0.512 e. The van der Waals surface area contributed by atoms with E-state index >= 15 is 0 Å². The number of para-hydroxylation sites is 1. The van der Waals surface area contributed by atoms with Crippen molar-refractivity contribution in [1.29, 1.82) is 0 Å². The number of carbonyl (C=O) groups excluding carboxylic acids is 4. The summed E-state index contributed by atoms with van der Waals surface area (Å²) in [5.41, 5.74) is 25.9. The van der Waals surface area contributed by atoms with E-state index in [0.717, 1.165) is 101 Å². The van der Waals surface area contributed by atoms with Crippen LogP contribution in [0.3, 0.4) is 0 Å². The second-order valence-corrected chi connectivity index (χ2v) is 37.4. The van der Waals surface area contributed by atoms with Crippen molar-refractivity contribution < 1.29 is 141 Å². The molecule has 704 valence electrons. The third kappa shape index (κ3) is 40.4. The number of ketones is 4. The monoisotopic (exact) mass is 2700 g/mol. The summed E-state index contributed by atoms with van der Waals surface area (Å²) >= 11 is 0. The van der Waals surface area contributed by atoms with Crippen LogP contribution in [0.25, 0.3) is 111 Å². The molecule has 5 heterocycles. The Labute approximate surface area is 865 Å². The summed E-state index contributed by atoms with van der Waals surface area (Å²) in [6, 6.07) is 109. The summed E-state index contributed by atoms with van der Waals surface area (Å²) in [6.45, 7) is 35.4. The zero-order valence-electron chi connectivity index (χ0n) is 79.2. The average Bonchev–Trinajstić information content (AvgIpc) is 0.802. The van der Waals surface area contributed by atoms with E-state index in [4.69, 9.17) is 35.4 Å². The molecule has 0 unspecified atom stereocenters. The first kappa shape index (κ1) is 117. The fourth-order valence-electron chi connectivity index (χ4n) is 13.5. The van der Waals surface area contributed by atoms with Crippen LogP contribution in [0.2, 0.25) is 19.6 Å². The SMILES string of the molecule is CC(=O)C=C(C)O.CC(=O)C=C(C)O.CC(=O)C=C(C)O.CC(=O)C=C(C)O.Cc1[c-]c(-c2cc(C)c3ccc(C)cc3n2)cc(C)c1.Cc1[c-]c(-c2ccc3cc([Si](C)(C)C)ccc3n2)cc(C)c1.Cc1cc[c-]c(-c2ncc3ccccc3c2C)c1.[Ir].[Ir].[Ir].[Ir].[Pt+2].[c-]1c(C=Nc2ccccc2-c2[c-]cccc2)cccc1-c1ccccn1.[c-]1ccccc1-c1cc2ccccc2cn1. The largest absolute Gasteiger partial charge is 2.00 e. The fourth-order valence-corrected chi connectivity index (χ4v) is 14.6. The minimum Gasteiger partial charge on any atom is -0.512 e. The number of hydrogen-bond donors (Lipinski definition) is 4. The second-order valence-electron chi connectivity index (χ2n) is 32.4. The molecule has 14 nitrogen and oxygen atoms in total. The van der Waals surface area contributed by atoms with E-state index in [1.54, 1.807) is 6.20 Å². The van der Waals surface area contributed by atoms with Crippen LogP contribution in [0, 0.1) is 91.8 Å². The van der Waals surface area contributed by atoms with Crippen molar-refractivity contribution in [2.24, 2.45) is 4.99 Å². The molecular formula is C115H112Ir4N6O8PtSi-4.